The van der Waals surface area contributed by atoms with Crippen molar-refractivity contribution < 1.29 is 32.3 Å². The molecule has 37 heavy (non-hydrogen) atoms. The van der Waals surface area contributed by atoms with Crippen molar-refractivity contribution in [2.24, 2.45) is 0 Å². The zero-order valence-electron chi connectivity index (χ0n) is 19.4. The van der Waals surface area contributed by atoms with Crippen LogP contribution in [0.25, 0.3) is 5.52 Å². The van der Waals surface area contributed by atoms with Crippen molar-refractivity contribution in [3.63, 3.8) is 0 Å². The number of carbonyl (C=O) groups excluding carboxylic acids is 1. The molecule has 0 saturated carbocycles. The molecule has 4 aromatic rings. The van der Waals surface area contributed by atoms with Gasteiger partial charge in [-0.3, -0.25) is 4.79 Å². The summed E-state index contributed by atoms with van der Waals surface area (Å²) in [6.45, 7) is 1.73. The van der Waals surface area contributed by atoms with Crippen LogP contribution in [0, 0.1) is 5.82 Å². The SMILES string of the molecule is CCC(Cl)(NC(=O)c1cc(F)cc2ccc(Cc3ccc(C(F)(F)F)cc3)n12)c1ccc(C(=O)O)cc1. The predicted octanol–water partition coefficient (Wildman–Crippen LogP) is 6.62. The number of fused-ring (bicyclic) bond motifs is 1. The Bertz CT molecular complexity index is 1460. The summed E-state index contributed by atoms with van der Waals surface area (Å²) in [6, 6.07) is 16.0. The van der Waals surface area contributed by atoms with Crippen LogP contribution in [0.2, 0.25) is 0 Å². The van der Waals surface area contributed by atoms with E-state index in [1.54, 1.807) is 19.1 Å². The molecule has 10 heteroatoms. The summed E-state index contributed by atoms with van der Waals surface area (Å²) < 4.78 is 54.7. The molecule has 0 saturated heterocycles. The highest BCUT2D eigenvalue weighted by atomic mass is 35.5. The fraction of sp³-hybridized carbons (Fsp3) is 0.185. The molecular weight excluding hydrogens is 512 g/mol. The van der Waals surface area contributed by atoms with E-state index in [1.165, 1.54) is 46.9 Å². The van der Waals surface area contributed by atoms with E-state index in [2.05, 4.69) is 5.32 Å². The number of amides is 1. The Morgan fingerprint density at radius 3 is 2.14 bits per heavy atom. The fourth-order valence-corrected chi connectivity index (χ4v) is 4.30. The Morgan fingerprint density at radius 2 is 1.57 bits per heavy atom. The van der Waals surface area contributed by atoms with Crippen LogP contribution >= 0.6 is 11.6 Å². The average Bonchev–Trinajstić information content (AvgIpc) is 3.25. The summed E-state index contributed by atoms with van der Waals surface area (Å²) in [5, 5.41) is 11.8. The minimum Gasteiger partial charge on any atom is -0.478 e. The first kappa shape index (κ1) is 26.2. The average molecular weight is 533 g/mol. The molecule has 0 spiro atoms. The number of pyridine rings is 1. The molecule has 0 aliphatic rings. The predicted molar refractivity (Wildman–Crippen MR) is 130 cm³/mol. The smallest absolute Gasteiger partial charge is 0.416 e. The van der Waals surface area contributed by atoms with Crippen molar-refractivity contribution in [3.05, 3.63) is 112 Å². The number of hydrogen-bond acceptors (Lipinski definition) is 2. The number of carboxylic acids is 1. The van der Waals surface area contributed by atoms with E-state index in [1.807, 2.05) is 0 Å². The van der Waals surface area contributed by atoms with Gasteiger partial charge < -0.3 is 14.8 Å². The number of carboxylic acid groups (broad SMARTS) is 1. The molecule has 4 rings (SSSR count). The van der Waals surface area contributed by atoms with Gasteiger partial charge in [-0.2, -0.15) is 13.2 Å². The van der Waals surface area contributed by atoms with Crippen LogP contribution in [-0.2, 0) is 17.6 Å². The molecule has 1 unspecified atom stereocenters. The van der Waals surface area contributed by atoms with Crippen molar-refractivity contribution in [2.45, 2.75) is 30.9 Å². The highest BCUT2D eigenvalue weighted by molar-refractivity contribution is 6.25. The van der Waals surface area contributed by atoms with E-state index in [0.717, 1.165) is 18.2 Å². The van der Waals surface area contributed by atoms with Gasteiger partial charge in [-0.25, -0.2) is 9.18 Å². The second-order valence-electron chi connectivity index (χ2n) is 8.51. The topological polar surface area (TPSA) is 70.8 Å². The highest BCUT2D eigenvalue weighted by Crippen LogP contribution is 2.32. The van der Waals surface area contributed by atoms with E-state index in [0.29, 0.717) is 22.3 Å². The summed E-state index contributed by atoms with van der Waals surface area (Å²) in [5.41, 5.74) is 1.19. The lowest BCUT2D eigenvalue weighted by Gasteiger charge is -2.28. The number of benzene rings is 2. The first-order chi connectivity index (χ1) is 17.4. The number of aromatic carboxylic acids is 1. The molecule has 2 heterocycles. The first-order valence-corrected chi connectivity index (χ1v) is 11.6. The molecule has 1 amide bonds. The number of halogens is 5. The van der Waals surface area contributed by atoms with Crippen molar-refractivity contribution in [2.75, 3.05) is 0 Å². The van der Waals surface area contributed by atoms with E-state index in [4.69, 9.17) is 16.7 Å². The standard InChI is InChI=1S/C27H21ClF4N2O3/c1-2-26(28,18-9-5-17(6-10-18)25(36)37)33-24(35)23-15-20(29)14-22-12-11-21(34(22)23)13-16-3-7-19(8-4-16)27(30,31)32/h3-12,14-15H,2,13H2,1H3,(H,33,35)(H,36,37). The van der Waals surface area contributed by atoms with Gasteiger partial charge in [0.2, 0.25) is 0 Å². The van der Waals surface area contributed by atoms with Crippen molar-refractivity contribution >= 4 is 29.0 Å². The Kier molecular flexibility index (Phi) is 7.01. The Balaban J connectivity index is 1.67. The number of rotatable bonds is 7. The lowest BCUT2D eigenvalue weighted by atomic mass is 10.0. The minimum atomic E-state index is -4.45. The highest BCUT2D eigenvalue weighted by Gasteiger charge is 2.32. The Morgan fingerprint density at radius 1 is 0.946 bits per heavy atom. The number of carbonyl (C=O) groups is 2. The van der Waals surface area contributed by atoms with Gasteiger partial charge >= 0.3 is 12.1 Å². The van der Waals surface area contributed by atoms with Gasteiger partial charge in [0.15, 0.2) is 0 Å². The van der Waals surface area contributed by atoms with Gasteiger partial charge in [0, 0.05) is 23.7 Å². The maximum atomic E-state index is 14.4. The number of aromatic nitrogens is 1. The Hall–Kier alpha value is -3.85. The summed E-state index contributed by atoms with van der Waals surface area (Å²) in [5.74, 6) is -2.45. The van der Waals surface area contributed by atoms with Crippen molar-refractivity contribution in [3.8, 4) is 0 Å². The van der Waals surface area contributed by atoms with E-state index < -0.39 is 34.4 Å². The molecule has 0 aliphatic carbocycles. The maximum absolute atomic E-state index is 14.4. The second-order valence-corrected chi connectivity index (χ2v) is 9.15. The monoisotopic (exact) mass is 532 g/mol. The van der Waals surface area contributed by atoms with E-state index in [9.17, 15) is 27.2 Å². The lowest BCUT2D eigenvalue weighted by molar-refractivity contribution is -0.137. The molecule has 0 aliphatic heterocycles. The number of alkyl halides is 4. The molecule has 2 aromatic heterocycles. The van der Waals surface area contributed by atoms with Crippen LogP contribution in [0.5, 0.6) is 0 Å². The largest absolute Gasteiger partial charge is 0.478 e. The first-order valence-electron chi connectivity index (χ1n) is 11.2. The summed E-state index contributed by atoms with van der Waals surface area (Å²) in [4.78, 5) is 23.1. The number of hydrogen-bond donors (Lipinski definition) is 2. The molecule has 0 fully saturated rings. The molecule has 1 atom stereocenters. The third-order valence-electron chi connectivity index (χ3n) is 6.08. The summed E-state index contributed by atoms with van der Waals surface area (Å²) >= 11 is 6.74. The Labute approximate surface area is 214 Å². The third kappa shape index (κ3) is 5.46. The van der Waals surface area contributed by atoms with Crippen LogP contribution < -0.4 is 5.32 Å². The van der Waals surface area contributed by atoms with Gasteiger partial charge in [-0.1, -0.05) is 42.8 Å². The third-order valence-corrected chi connectivity index (χ3v) is 6.66. The van der Waals surface area contributed by atoms with Gasteiger partial charge in [-0.15, -0.1) is 0 Å². The minimum absolute atomic E-state index is 0.0530. The lowest BCUT2D eigenvalue weighted by Crippen LogP contribution is -2.41. The fourth-order valence-electron chi connectivity index (χ4n) is 4.09. The quantitative estimate of drug-likeness (QED) is 0.160. The van der Waals surface area contributed by atoms with Gasteiger partial charge in [-0.05, 0) is 60.0 Å². The van der Waals surface area contributed by atoms with Crippen LogP contribution in [0.1, 0.15) is 56.6 Å². The number of nitrogens with one attached hydrogen (secondary N) is 1. The molecule has 0 radical (unpaired) electrons. The van der Waals surface area contributed by atoms with Crippen LogP contribution in [-0.4, -0.2) is 21.4 Å². The zero-order valence-corrected chi connectivity index (χ0v) is 20.2. The summed E-state index contributed by atoms with van der Waals surface area (Å²) in [6.07, 6.45) is -4.03. The second kappa shape index (κ2) is 9.89. The molecular formula is C27H21ClF4N2O3. The maximum Gasteiger partial charge on any atom is 0.416 e. The van der Waals surface area contributed by atoms with Crippen LogP contribution in [0.3, 0.4) is 0 Å². The van der Waals surface area contributed by atoms with Crippen molar-refractivity contribution in [1.29, 1.82) is 0 Å². The number of nitrogens with zero attached hydrogens (tertiary/aromatic N) is 1. The zero-order chi connectivity index (χ0) is 27.0. The molecule has 2 aromatic carbocycles. The molecule has 192 valence electrons. The molecule has 0 bridgehead atoms. The van der Waals surface area contributed by atoms with Crippen LogP contribution in [0.15, 0.2) is 72.8 Å². The van der Waals surface area contributed by atoms with E-state index in [-0.39, 0.29) is 24.1 Å². The van der Waals surface area contributed by atoms with Gasteiger partial charge in [0.25, 0.3) is 5.91 Å². The van der Waals surface area contributed by atoms with Gasteiger partial charge in [0.05, 0.1) is 11.1 Å². The molecule has 2 N–H and O–H groups in total. The van der Waals surface area contributed by atoms with Gasteiger partial charge in [0.1, 0.15) is 16.5 Å². The van der Waals surface area contributed by atoms with E-state index >= 15 is 0 Å². The molecule has 5 nitrogen and oxygen atoms in total. The van der Waals surface area contributed by atoms with Crippen LogP contribution in [0.4, 0.5) is 17.6 Å². The van der Waals surface area contributed by atoms with Crippen molar-refractivity contribution in [1.82, 2.24) is 9.72 Å². The summed E-state index contributed by atoms with van der Waals surface area (Å²) in [7, 11) is 0. The normalized spacial score (nSPS) is 13.4.